The molecule has 1 aromatic rings. The van der Waals surface area contributed by atoms with Crippen LogP contribution in [-0.4, -0.2) is 33.7 Å². The van der Waals surface area contributed by atoms with E-state index < -0.39 is 20.5 Å². The Kier molecular flexibility index (Phi) is 4.25. The number of carbonyl (C=O) groups excluding carboxylic acids is 2. The van der Waals surface area contributed by atoms with E-state index in [1.54, 1.807) is 0 Å². The molecule has 1 aliphatic rings. The molecule has 0 atom stereocenters. The van der Waals surface area contributed by atoms with Gasteiger partial charge >= 0.3 is 8.56 Å². The summed E-state index contributed by atoms with van der Waals surface area (Å²) in [6, 6.07) is 7.54. The van der Waals surface area contributed by atoms with Gasteiger partial charge < -0.3 is 13.6 Å². The highest BCUT2D eigenvalue weighted by Crippen LogP contribution is 2.32. The number of hydrogen-bond acceptors (Lipinski definition) is 5. The van der Waals surface area contributed by atoms with Crippen molar-refractivity contribution in [3.63, 3.8) is 0 Å². The molecule has 5 nitrogen and oxygen atoms in total. The summed E-state index contributed by atoms with van der Waals surface area (Å²) in [5.74, 6) is -0.874. The van der Waals surface area contributed by atoms with Gasteiger partial charge in [-0.2, -0.15) is 0 Å². The molecule has 1 aromatic carbocycles. The minimum atomic E-state index is -3.18. The molecule has 0 bridgehead atoms. The standard InChI is InChI=1S/C14H18O5Si/c1-10-6-4-5-7-14(10)20(18-11(2)15,19-12(3)16)13-8-17-9-13/h4-7,13H,8-9H2,1-3H3. The maximum atomic E-state index is 11.6. The fourth-order valence-electron chi connectivity index (χ4n) is 2.36. The fourth-order valence-corrected chi connectivity index (χ4v) is 5.89. The number of carbonyl (C=O) groups is 2. The minimum Gasteiger partial charge on any atom is -0.482 e. The predicted octanol–water partition coefficient (Wildman–Crippen LogP) is 1.17. The van der Waals surface area contributed by atoms with Crippen LogP contribution in [0.2, 0.25) is 5.54 Å². The lowest BCUT2D eigenvalue weighted by molar-refractivity contribution is -0.140. The molecule has 108 valence electrons. The molecule has 0 unspecified atom stereocenters. The van der Waals surface area contributed by atoms with E-state index in [0.29, 0.717) is 13.2 Å². The summed E-state index contributed by atoms with van der Waals surface area (Å²) >= 11 is 0. The summed E-state index contributed by atoms with van der Waals surface area (Å²) in [7, 11) is -3.18. The van der Waals surface area contributed by atoms with Gasteiger partial charge in [0, 0.05) is 19.0 Å². The Morgan fingerprint density at radius 1 is 1.15 bits per heavy atom. The predicted molar refractivity (Wildman–Crippen MR) is 74.7 cm³/mol. The summed E-state index contributed by atoms with van der Waals surface area (Å²) in [5, 5.41) is 0.818. The second-order valence-corrected chi connectivity index (χ2v) is 8.00. The van der Waals surface area contributed by atoms with Crippen molar-refractivity contribution in [1.29, 1.82) is 0 Å². The molecule has 0 spiro atoms. The van der Waals surface area contributed by atoms with Crippen LogP contribution < -0.4 is 5.19 Å². The zero-order valence-electron chi connectivity index (χ0n) is 11.8. The summed E-state index contributed by atoms with van der Waals surface area (Å²) in [4.78, 5) is 23.1. The maximum absolute atomic E-state index is 11.6. The Hall–Kier alpha value is -1.66. The van der Waals surface area contributed by atoms with Gasteiger partial charge in [0.1, 0.15) is 0 Å². The molecule has 1 heterocycles. The number of ether oxygens (including phenoxy) is 1. The monoisotopic (exact) mass is 294 g/mol. The van der Waals surface area contributed by atoms with E-state index in [1.165, 1.54) is 13.8 Å². The van der Waals surface area contributed by atoms with Crippen molar-refractivity contribution in [2.45, 2.75) is 26.3 Å². The quantitative estimate of drug-likeness (QED) is 0.780. The highest BCUT2D eigenvalue weighted by atomic mass is 28.4. The van der Waals surface area contributed by atoms with Crippen LogP contribution in [0, 0.1) is 6.92 Å². The molecular formula is C14H18O5Si. The van der Waals surface area contributed by atoms with Gasteiger partial charge in [-0.05, 0) is 12.5 Å². The van der Waals surface area contributed by atoms with Gasteiger partial charge in [-0.3, -0.25) is 9.59 Å². The Morgan fingerprint density at radius 3 is 2.10 bits per heavy atom. The lowest BCUT2D eigenvalue weighted by Crippen LogP contribution is -2.64. The first-order valence-electron chi connectivity index (χ1n) is 6.48. The highest BCUT2D eigenvalue weighted by molar-refractivity contribution is 6.85. The molecule has 2 rings (SSSR count). The summed E-state index contributed by atoms with van der Waals surface area (Å²) in [6.07, 6.45) is 0. The van der Waals surface area contributed by atoms with Crippen molar-refractivity contribution in [3.05, 3.63) is 29.8 Å². The number of aryl methyl sites for hydroxylation is 1. The smallest absolute Gasteiger partial charge is 0.482 e. The molecule has 20 heavy (non-hydrogen) atoms. The molecular weight excluding hydrogens is 276 g/mol. The number of rotatable bonds is 4. The van der Waals surface area contributed by atoms with Crippen LogP contribution in [0.25, 0.3) is 0 Å². The first kappa shape index (κ1) is 14.7. The zero-order chi connectivity index (χ0) is 14.8. The number of hydrogen-bond donors (Lipinski definition) is 0. The second-order valence-electron chi connectivity index (χ2n) is 4.90. The van der Waals surface area contributed by atoms with Gasteiger partial charge in [0.25, 0.3) is 11.9 Å². The van der Waals surface area contributed by atoms with Crippen molar-refractivity contribution in [2.24, 2.45) is 0 Å². The first-order valence-corrected chi connectivity index (χ1v) is 8.38. The van der Waals surface area contributed by atoms with Gasteiger partial charge in [0.2, 0.25) is 0 Å². The van der Waals surface area contributed by atoms with E-state index in [1.807, 2.05) is 31.2 Å². The van der Waals surface area contributed by atoms with E-state index in [-0.39, 0.29) is 5.54 Å². The third-order valence-corrected chi connectivity index (χ3v) is 7.19. The molecule has 0 amide bonds. The molecule has 0 aliphatic carbocycles. The minimum absolute atomic E-state index is 0.0589. The summed E-state index contributed by atoms with van der Waals surface area (Å²) in [5.41, 5.74) is 0.893. The first-order chi connectivity index (χ1) is 9.45. The van der Waals surface area contributed by atoms with Crippen LogP contribution in [0.15, 0.2) is 24.3 Å². The van der Waals surface area contributed by atoms with Crippen LogP contribution in [0.4, 0.5) is 0 Å². The largest absolute Gasteiger partial charge is 0.507 e. The average Bonchev–Trinajstić information content (AvgIpc) is 2.24. The van der Waals surface area contributed by atoms with E-state index in [2.05, 4.69) is 0 Å². The molecule has 0 saturated carbocycles. The van der Waals surface area contributed by atoms with Crippen molar-refractivity contribution in [1.82, 2.24) is 0 Å². The van der Waals surface area contributed by atoms with Crippen molar-refractivity contribution >= 4 is 25.7 Å². The Labute approximate surface area is 119 Å². The molecule has 1 fully saturated rings. The van der Waals surface area contributed by atoms with Crippen LogP contribution in [0.1, 0.15) is 19.4 Å². The van der Waals surface area contributed by atoms with E-state index in [0.717, 1.165) is 10.8 Å². The Morgan fingerprint density at radius 2 is 1.70 bits per heavy atom. The molecule has 1 saturated heterocycles. The highest BCUT2D eigenvalue weighted by Gasteiger charge is 2.57. The third-order valence-electron chi connectivity index (χ3n) is 3.29. The van der Waals surface area contributed by atoms with Gasteiger partial charge in [-0.15, -0.1) is 0 Å². The van der Waals surface area contributed by atoms with Gasteiger partial charge in [-0.25, -0.2) is 0 Å². The lowest BCUT2D eigenvalue weighted by atomic mass is 10.2. The van der Waals surface area contributed by atoms with Crippen LogP contribution in [-0.2, 0) is 23.2 Å². The van der Waals surface area contributed by atoms with E-state index >= 15 is 0 Å². The van der Waals surface area contributed by atoms with Crippen molar-refractivity contribution < 1.29 is 23.2 Å². The molecule has 6 heteroatoms. The molecule has 1 aliphatic heterocycles. The van der Waals surface area contributed by atoms with Gasteiger partial charge in [-0.1, -0.05) is 24.3 Å². The lowest BCUT2D eigenvalue weighted by Gasteiger charge is -2.40. The molecule has 0 aromatic heterocycles. The van der Waals surface area contributed by atoms with E-state index in [9.17, 15) is 9.59 Å². The second kappa shape index (κ2) is 5.76. The van der Waals surface area contributed by atoms with Crippen molar-refractivity contribution in [3.8, 4) is 0 Å². The summed E-state index contributed by atoms with van der Waals surface area (Å²) < 4.78 is 16.4. The molecule has 0 N–H and O–H groups in total. The Bertz CT molecular complexity index is 508. The Balaban J connectivity index is 2.52. The fraction of sp³-hybridized carbons (Fsp3) is 0.429. The van der Waals surface area contributed by atoms with Crippen LogP contribution in [0.3, 0.4) is 0 Å². The normalized spacial score (nSPS) is 15.3. The zero-order valence-corrected chi connectivity index (χ0v) is 12.8. The topological polar surface area (TPSA) is 61.8 Å². The van der Waals surface area contributed by atoms with Gasteiger partial charge in [0.05, 0.1) is 18.8 Å². The SMILES string of the molecule is CC(=O)O[Si](OC(C)=O)(c1ccccc1C)C1COC1. The van der Waals surface area contributed by atoms with Crippen molar-refractivity contribution in [2.75, 3.05) is 13.2 Å². The van der Waals surface area contributed by atoms with Gasteiger partial charge in [0.15, 0.2) is 0 Å². The van der Waals surface area contributed by atoms with E-state index in [4.69, 9.17) is 13.6 Å². The molecule has 0 radical (unpaired) electrons. The average molecular weight is 294 g/mol. The number of benzene rings is 1. The summed E-state index contributed by atoms with van der Waals surface area (Å²) in [6.45, 7) is 5.48. The van der Waals surface area contributed by atoms with Crippen LogP contribution in [0.5, 0.6) is 0 Å². The third kappa shape index (κ3) is 2.76. The van der Waals surface area contributed by atoms with Crippen LogP contribution >= 0.6 is 0 Å². The maximum Gasteiger partial charge on any atom is 0.507 e.